The third-order valence-electron chi connectivity index (χ3n) is 5.24. The molecule has 0 spiro atoms. The SMILES string of the molecule is COc1cc(Nc2cc(-c3ccccc3)nn2-c2ccccc2CN)c(C(=O)O)cc1OC. The summed E-state index contributed by atoms with van der Waals surface area (Å²) in [5, 5.41) is 17.8. The second-order valence-electron chi connectivity index (χ2n) is 7.21. The average Bonchev–Trinajstić information content (AvgIpc) is 3.27. The molecule has 4 N–H and O–H groups in total. The van der Waals surface area contributed by atoms with Crippen LogP contribution in [0, 0.1) is 0 Å². The molecule has 168 valence electrons. The van der Waals surface area contributed by atoms with Crippen LogP contribution in [0.25, 0.3) is 16.9 Å². The molecule has 0 saturated heterocycles. The molecule has 4 aromatic rings. The van der Waals surface area contributed by atoms with Crippen molar-refractivity contribution in [2.75, 3.05) is 19.5 Å². The van der Waals surface area contributed by atoms with Gasteiger partial charge in [-0.05, 0) is 11.6 Å². The predicted octanol–water partition coefficient (Wildman–Crippen LogP) is 4.46. The Morgan fingerprint density at radius 2 is 1.67 bits per heavy atom. The molecule has 0 bridgehead atoms. The lowest BCUT2D eigenvalue weighted by atomic mass is 10.1. The summed E-state index contributed by atoms with van der Waals surface area (Å²) < 4.78 is 12.4. The Morgan fingerprint density at radius 1 is 1.00 bits per heavy atom. The average molecular weight is 444 g/mol. The Balaban J connectivity index is 1.89. The molecule has 4 rings (SSSR count). The second-order valence-corrected chi connectivity index (χ2v) is 7.21. The van der Waals surface area contributed by atoms with Crippen LogP contribution in [0.3, 0.4) is 0 Å². The standard InChI is InChI=1S/C25H24N4O4/c1-32-22-12-18(25(30)31)20(13-23(22)33-2)27-24-14-19(16-8-4-3-5-9-16)28-29(24)21-11-7-6-10-17(21)15-26/h3-14,27H,15,26H2,1-2H3,(H,30,31). The number of para-hydroxylation sites is 1. The van der Waals surface area contributed by atoms with Crippen LogP contribution >= 0.6 is 0 Å². The van der Waals surface area contributed by atoms with Crippen molar-refractivity contribution in [1.82, 2.24) is 9.78 Å². The van der Waals surface area contributed by atoms with Crippen LogP contribution in [0.4, 0.5) is 11.5 Å². The van der Waals surface area contributed by atoms with Crippen LogP contribution < -0.4 is 20.5 Å². The summed E-state index contributed by atoms with van der Waals surface area (Å²) in [6.07, 6.45) is 0. The first kappa shape index (κ1) is 21.9. The Bertz CT molecular complexity index is 1290. The van der Waals surface area contributed by atoms with Gasteiger partial charge in [0.15, 0.2) is 11.5 Å². The molecular weight excluding hydrogens is 420 g/mol. The number of rotatable bonds is 8. The number of nitrogens with zero attached hydrogens (tertiary/aromatic N) is 2. The maximum atomic E-state index is 12.0. The van der Waals surface area contributed by atoms with Crippen molar-refractivity contribution < 1.29 is 19.4 Å². The molecule has 0 atom stereocenters. The number of carboxylic acids is 1. The summed E-state index contributed by atoms with van der Waals surface area (Å²) >= 11 is 0. The van der Waals surface area contributed by atoms with E-state index in [-0.39, 0.29) is 5.56 Å². The maximum absolute atomic E-state index is 12.0. The molecule has 3 aromatic carbocycles. The highest BCUT2D eigenvalue weighted by Gasteiger charge is 2.20. The number of methoxy groups -OCH3 is 2. The van der Waals surface area contributed by atoms with E-state index in [9.17, 15) is 9.90 Å². The lowest BCUT2D eigenvalue weighted by Crippen LogP contribution is -2.10. The highest BCUT2D eigenvalue weighted by atomic mass is 16.5. The van der Waals surface area contributed by atoms with Gasteiger partial charge in [-0.15, -0.1) is 0 Å². The first-order valence-corrected chi connectivity index (χ1v) is 10.3. The zero-order valence-corrected chi connectivity index (χ0v) is 18.3. The van der Waals surface area contributed by atoms with Crippen LogP contribution in [0.1, 0.15) is 15.9 Å². The fourth-order valence-corrected chi connectivity index (χ4v) is 3.59. The van der Waals surface area contributed by atoms with Crippen LogP contribution in [-0.4, -0.2) is 35.1 Å². The summed E-state index contributed by atoms with van der Waals surface area (Å²) in [5.74, 6) is 0.203. The van der Waals surface area contributed by atoms with E-state index in [4.69, 9.17) is 20.3 Å². The lowest BCUT2D eigenvalue weighted by Gasteiger charge is -2.16. The number of hydrogen-bond donors (Lipinski definition) is 3. The third-order valence-corrected chi connectivity index (χ3v) is 5.24. The highest BCUT2D eigenvalue weighted by molar-refractivity contribution is 5.96. The largest absolute Gasteiger partial charge is 0.493 e. The van der Waals surface area contributed by atoms with Gasteiger partial charge in [-0.2, -0.15) is 5.10 Å². The lowest BCUT2D eigenvalue weighted by molar-refractivity contribution is 0.0697. The van der Waals surface area contributed by atoms with Crippen molar-refractivity contribution in [2.24, 2.45) is 5.73 Å². The number of aromatic carboxylic acids is 1. The monoisotopic (exact) mass is 444 g/mol. The Morgan fingerprint density at radius 3 is 2.33 bits per heavy atom. The van der Waals surface area contributed by atoms with Crippen LogP contribution in [-0.2, 0) is 6.54 Å². The van der Waals surface area contributed by atoms with E-state index in [2.05, 4.69) is 5.32 Å². The molecule has 0 aliphatic carbocycles. The number of ether oxygens (including phenoxy) is 2. The summed E-state index contributed by atoms with van der Waals surface area (Å²) in [6.45, 7) is 0.326. The molecule has 33 heavy (non-hydrogen) atoms. The smallest absolute Gasteiger partial charge is 0.337 e. The van der Waals surface area contributed by atoms with Gasteiger partial charge in [0.05, 0.1) is 36.9 Å². The van der Waals surface area contributed by atoms with E-state index in [1.54, 1.807) is 10.7 Å². The molecule has 8 nitrogen and oxygen atoms in total. The van der Waals surface area contributed by atoms with Gasteiger partial charge >= 0.3 is 5.97 Å². The summed E-state index contributed by atoms with van der Waals surface area (Å²) in [6, 6.07) is 22.3. The molecule has 8 heteroatoms. The van der Waals surface area contributed by atoms with Gasteiger partial charge in [-0.3, -0.25) is 0 Å². The van der Waals surface area contributed by atoms with Gasteiger partial charge in [0.1, 0.15) is 5.82 Å². The van der Waals surface area contributed by atoms with Gasteiger partial charge < -0.3 is 25.6 Å². The first-order valence-electron chi connectivity index (χ1n) is 10.3. The topological polar surface area (TPSA) is 112 Å². The van der Waals surface area contributed by atoms with E-state index >= 15 is 0 Å². The van der Waals surface area contributed by atoms with E-state index in [0.29, 0.717) is 29.5 Å². The van der Waals surface area contributed by atoms with E-state index in [1.165, 1.54) is 20.3 Å². The normalized spacial score (nSPS) is 10.6. The van der Waals surface area contributed by atoms with Gasteiger partial charge in [-0.1, -0.05) is 48.5 Å². The molecule has 0 aliphatic rings. The van der Waals surface area contributed by atoms with E-state index < -0.39 is 5.97 Å². The molecule has 0 radical (unpaired) electrons. The molecule has 1 heterocycles. The fourth-order valence-electron chi connectivity index (χ4n) is 3.59. The number of aromatic nitrogens is 2. The van der Waals surface area contributed by atoms with Crippen molar-refractivity contribution in [3.63, 3.8) is 0 Å². The van der Waals surface area contributed by atoms with E-state index in [1.807, 2.05) is 60.7 Å². The molecular formula is C25H24N4O4. The van der Waals surface area contributed by atoms with Crippen molar-refractivity contribution in [3.05, 3.63) is 83.9 Å². The molecule has 1 aromatic heterocycles. The molecule has 0 fully saturated rings. The Hall–Kier alpha value is -4.30. The van der Waals surface area contributed by atoms with Crippen LogP contribution in [0.5, 0.6) is 11.5 Å². The summed E-state index contributed by atoms with van der Waals surface area (Å²) in [4.78, 5) is 12.0. The van der Waals surface area contributed by atoms with Crippen LogP contribution in [0.2, 0.25) is 0 Å². The molecule has 0 aliphatic heterocycles. The predicted molar refractivity (Wildman–Crippen MR) is 127 cm³/mol. The Kier molecular flexibility index (Phi) is 6.28. The fraction of sp³-hybridized carbons (Fsp3) is 0.120. The quantitative estimate of drug-likeness (QED) is 0.368. The van der Waals surface area contributed by atoms with Gasteiger partial charge in [0, 0.05) is 30.3 Å². The van der Waals surface area contributed by atoms with Gasteiger partial charge in [0.2, 0.25) is 0 Å². The first-order chi connectivity index (χ1) is 16.0. The minimum atomic E-state index is -1.10. The second kappa shape index (κ2) is 9.46. The van der Waals surface area contributed by atoms with Gasteiger partial charge in [-0.25, -0.2) is 9.48 Å². The third kappa shape index (κ3) is 4.37. The summed E-state index contributed by atoms with van der Waals surface area (Å²) in [7, 11) is 2.96. The Labute approximate surface area is 191 Å². The number of benzene rings is 3. The minimum absolute atomic E-state index is 0.0359. The molecule has 0 saturated carbocycles. The molecule has 0 amide bonds. The van der Waals surface area contributed by atoms with Crippen molar-refractivity contribution in [2.45, 2.75) is 6.54 Å². The zero-order valence-electron chi connectivity index (χ0n) is 18.3. The van der Waals surface area contributed by atoms with Crippen molar-refractivity contribution in [3.8, 4) is 28.4 Å². The minimum Gasteiger partial charge on any atom is -0.493 e. The highest BCUT2D eigenvalue weighted by Crippen LogP contribution is 2.36. The van der Waals surface area contributed by atoms with E-state index in [0.717, 1.165) is 22.5 Å². The van der Waals surface area contributed by atoms with Crippen LogP contribution in [0.15, 0.2) is 72.8 Å². The van der Waals surface area contributed by atoms with Crippen molar-refractivity contribution >= 4 is 17.5 Å². The van der Waals surface area contributed by atoms with Crippen molar-refractivity contribution in [1.29, 1.82) is 0 Å². The number of hydrogen-bond acceptors (Lipinski definition) is 6. The summed E-state index contributed by atoms with van der Waals surface area (Å²) in [5.41, 5.74) is 9.69. The number of carbonyl (C=O) groups is 1. The number of nitrogens with two attached hydrogens (primary N) is 1. The number of carboxylic acid groups (broad SMARTS) is 1. The maximum Gasteiger partial charge on any atom is 0.337 e. The molecule has 0 unspecified atom stereocenters. The van der Waals surface area contributed by atoms with Gasteiger partial charge in [0.25, 0.3) is 0 Å². The number of nitrogens with one attached hydrogen (secondary N) is 1. The zero-order chi connectivity index (χ0) is 23.4. The number of anilines is 2.